The van der Waals surface area contributed by atoms with E-state index in [1.807, 2.05) is 0 Å². The average molecular weight is 380 g/mol. The summed E-state index contributed by atoms with van der Waals surface area (Å²) in [5.41, 5.74) is 0.151. The Labute approximate surface area is 125 Å². The Hall–Kier alpha value is -0.160. The summed E-state index contributed by atoms with van der Waals surface area (Å²) in [5.74, 6) is 0. The van der Waals surface area contributed by atoms with E-state index in [2.05, 4.69) is 50.7 Å². The summed E-state index contributed by atoms with van der Waals surface area (Å²) in [6.45, 7) is 5.11. The van der Waals surface area contributed by atoms with E-state index in [4.69, 9.17) is 0 Å². The lowest BCUT2D eigenvalue weighted by atomic mass is 9.81. The highest BCUT2D eigenvalue weighted by atomic mass is 79.9. The minimum Gasteiger partial charge on any atom is -0.298 e. The van der Waals surface area contributed by atoms with E-state index in [1.165, 1.54) is 0 Å². The lowest BCUT2D eigenvalue weighted by molar-refractivity contribution is 0.229. The topological polar surface area (TPSA) is 34.9 Å². The molecule has 0 spiro atoms. The van der Waals surface area contributed by atoms with Crippen molar-refractivity contribution in [1.29, 1.82) is 0 Å². The third-order valence-corrected chi connectivity index (χ3v) is 4.94. The molecule has 0 amide bonds. The molecular weight excluding hydrogens is 360 g/mol. The maximum atomic E-state index is 12.0. The van der Waals surface area contributed by atoms with Crippen molar-refractivity contribution in [3.63, 3.8) is 0 Å². The summed E-state index contributed by atoms with van der Waals surface area (Å²) >= 11 is 6.87. The molecule has 0 bridgehead atoms. The SMILES string of the molecule is CCCC(CBr)(CCC)Cn1cncc(Br)c1=O. The first-order chi connectivity index (χ1) is 8.58. The van der Waals surface area contributed by atoms with Crippen LogP contribution >= 0.6 is 31.9 Å². The quantitative estimate of drug-likeness (QED) is 0.671. The molecule has 3 nitrogen and oxygen atoms in total. The Bertz CT molecular complexity index is 425. The molecule has 5 heteroatoms. The van der Waals surface area contributed by atoms with Gasteiger partial charge in [-0.1, -0.05) is 42.6 Å². The monoisotopic (exact) mass is 378 g/mol. The molecule has 0 saturated carbocycles. The zero-order valence-electron chi connectivity index (χ0n) is 11.0. The number of alkyl halides is 1. The predicted octanol–water partition coefficient (Wildman–Crippen LogP) is 3.99. The Morgan fingerprint density at radius 2 is 1.94 bits per heavy atom. The van der Waals surface area contributed by atoms with E-state index < -0.39 is 0 Å². The van der Waals surface area contributed by atoms with Gasteiger partial charge < -0.3 is 0 Å². The number of rotatable bonds is 7. The van der Waals surface area contributed by atoms with Crippen molar-refractivity contribution >= 4 is 31.9 Å². The van der Waals surface area contributed by atoms with E-state index in [0.717, 1.165) is 37.6 Å². The van der Waals surface area contributed by atoms with Crippen LogP contribution < -0.4 is 5.56 Å². The van der Waals surface area contributed by atoms with Crippen LogP contribution in [0.3, 0.4) is 0 Å². The number of halogens is 2. The summed E-state index contributed by atoms with van der Waals surface area (Å²) in [6.07, 6.45) is 7.67. The van der Waals surface area contributed by atoms with Crippen LogP contribution in [-0.4, -0.2) is 14.9 Å². The largest absolute Gasteiger partial charge is 0.298 e. The Morgan fingerprint density at radius 1 is 1.33 bits per heavy atom. The standard InChI is InChI=1S/C13H20Br2N2O/c1-3-5-13(8-14,6-4-2)9-17-10-16-7-11(15)12(17)18/h7,10H,3-6,8-9H2,1-2H3. The first kappa shape index (κ1) is 15.9. The second-order valence-electron chi connectivity index (χ2n) is 4.81. The molecular formula is C13H20Br2N2O. The highest BCUT2D eigenvalue weighted by Gasteiger charge is 2.28. The fourth-order valence-electron chi connectivity index (χ4n) is 2.42. The van der Waals surface area contributed by atoms with Crippen LogP contribution in [0.15, 0.2) is 21.8 Å². The summed E-state index contributed by atoms with van der Waals surface area (Å²) < 4.78 is 2.25. The first-order valence-electron chi connectivity index (χ1n) is 6.34. The van der Waals surface area contributed by atoms with Gasteiger partial charge in [0, 0.05) is 18.1 Å². The van der Waals surface area contributed by atoms with Crippen molar-refractivity contribution in [3.8, 4) is 0 Å². The van der Waals surface area contributed by atoms with Crippen LogP contribution in [0, 0.1) is 5.41 Å². The number of aromatic nitrogens is 2. The van der Waals surface area contributed by atoms with Gasteiger partial charge in [-0.2, -0.15) is 0 Å². The van der Waals surface area contributed by atoms with Gasteiger partial charge in [-0.25, -0.2) is 4.98 Å². The fourth-order valence-corrected chi connectivity index (χ4v) is 3.50. The molecule has 102 valence electrons. The van der Waals surface area contributed by atoms with E-state index in [0.29, 0.717) is 4.47 Å². The third kappa shape index (κ3) is 3.92. The van der Waals surface area contributed by atoms with Crippen LogP contribution in [0.5, 0.6) is 0 Å². The van der Waals surface area contributed by atoms with Crippen LogP contribution in [0.1, 0.15) is 39.5 Å². The highest BCUT2D eigenvalue weighted by Crippen LogP contribution is 2.33. The normalized spacial score (nSPS) is 11.8. The fraction of sp³-hybridized carbons (Fsp3) is 0.692. The van der Waals surface area contributed by atoms with Gasteiger partial charge in [-0.3, -0.25) is 9.36 Å². The Balaban J connectivity index is 3.02. The molecule has 1 rings (SSSR count). The summed E-state index contributed by atoms with van der Waals surface area (Å²) in [4.78, 5) is 16.1. The Kier molecular flexibility index (Phi) is 6.57. The molecule has 0 radical (unpaired) electrons. The van der Waals surface area contributed by atoms with E-state index >= 15 is 0 Å². The molecule has 0 fully saturated rings. The molecule has 0 aliphatic rings. The maximum absolute atomic E-state index is 12.0. The van der Waals surface area contributed by atoms with Gasteiger partial charge in [0.1, 0.15) is 4.47 Å². The van der Waals surface area contributed by atoms with Crippen molar-refractivity contribution in [1.82, 2.24) is 9.55 Å². The number of hydrogen-bond acceptors (Lipinski definition) is 2. The smallest absolute Gasteiger partial charge is 0.267 e. The minimum atomic E-state index is 0.00234. The lowest BCUT2D eigenvalue weighted by Gasteiger charge is -2.32. The van der Waals surface area contributed by atoms with E-state index in [1.54, 1.807) is 17.1 Å². The van der Waals surface area contributed by atoms with Crippen molar-refractivity contribution in [3.05, 3.63) is 27.4 Å². The van der Waals surface area contributed by atoms with Gasteiger partial charge >= 0.3 is 0 Å². The molecule has 1 aromatic rings. The average Bonchev–Trinajstić information content (AvgIpc) is 2.35. The molecule has 0 aliphatic heterocycles. The first-order valence-corrected chi connectivity index (χ1v) is 8.26. The molecule has 0 atom stereocenters. The zero-order chi connectivity index (χ0) is 13.6. The molecule has 18 heavy (non-hydrogen) atoms. The molecule has 0 aliphatic carbocycles. The number of nitrogens with zero attached hydrogens (tertiary/aromatic N) is 2. The highest BCUT2D eigenvalue weighted by molar-refractivity contribution is 9.10. The van der Waals surface area contributed by atoms with Gasteiger partial charge in [-0.15, -0.1) is 0 Å². The second-order valence-corrected chi connectivity index (χ2v) is 6.22. The van der Waals surface area contributed by atoms with E-state index in [9.17, 15) is 4.79 Å². The van der Waals surface area contributed by atoms with Gasteiger partial charge in [0.2, 0.25) is 0 Å². The molecule has 0 N–H and O–H groups in total. The van der Waals surface area contributed by atoms with E-state index in [-0.39, 0.29) is 11.0 Å². The summed E-state index contributed by atoms with van der Waals surface area (Å²) in [6, 6.07) is 0. The molecule has 1 aromatic heterocycles. The van der Waals surface area contributed by atoms with Crippen molar-refractivity contribution < 1.29 is 0 Å². The Morgan fingerprint density at radius 3 is 2.44 bits per heavy atom. The predicted molar refractivity (Wildman–Crippen MR) is 82.2 cm³/mol. The zero-order valence-corrected chi connectivity index (χ0v) is 14.1. The third-order valence-electron chi connectivity index (χ3n) is 3.21. The molecule has 0 unspecified atom stereocenters. The molecule has 0 aromatic carbocycles. The van der Waals surface area contributed by atoms with Crippen LogP contribution in [0.4, 0.5) is 0 Å². The van der Waals surface area contributed by atoms with Gasteiger partial charge in [-0.05, 0) is 34.2 Å². The summed E-state index contributed by atoms with van der Waals surface area (Å²) in [7, 11) is 0. The minimum absolute atomic E-state index is 0.00234. The molecule has 1 heterocycles. The number of hydrogen-bond donors (Lipinski definition) is 0. The summed E-state index contributed by atoms with van der Waals surface area (Å²) in [5, 5.41) is 0.917. The van der Waals surface area contributed by atoms with Crippen molar-refractivity contribution in [2.45, 2.75) is 46.1 Å². The van der Waals surface area contributed by atoms with Crippen LogP contribution in [-0.2, 0) is 6.54 Å². The lowest BCUT2D eigenvalue weighted by Crippen LogP contribution is -2.34. The molecule has 0 saturated heterocycles. The maximum Gasteiger partial charge on any atom is 0.267 e. The van der Waals surface area contributed by atoms with Gasteiger partial charge in [0.05, 0.1) is 6.33 Å². The van der Waals surface area contributed by atoms with Crippen molar-refractivity contribution in [2.75, 3.05) is 5.33 Å². The van der Waals surface area contributed by atoms with Gasteiger partial charge in [0.15, 0.2) is 0 Å². The van der Waals surface area contributed by atoms with Gasteiger partial charge in [0.25, 0.3) is 5.56 Å². The second kappa shape index (κ2) is 7.43. The van der Waals surface area contributed by atoms with Crippen LogP contribution in [0.25, 0.3) is 0 Å². The van der Waals surface area contributed by atoms with Crippen molar-refractivity contribution in [2.24, 2.45) is 5.41 Å². The van der Waals surface area contributed by atoms with Crippen LogP contribution in [0.2, 0.25) is 0 Å².